The van der Waals surface area contributed by atoms with Crippen molar-refractivity contribution in [3.05, 3.63) is 34.9 Å². The van der Waals surface area contributed by atoms with Gasteiger partial charge in [-0.3, -0.25) is 0 Å². The highest BCUT2D eigenvalue weighted by molar-refractivity contribution is 8.00. The average molecular weight is 336 g/mol. The summed E-state index contributed by atoms with van der Waals surface area (Å²) in [6, 6.07) is 0. The highest BCUT2D eigenvalue weighted by Crippen LogP contribution is 2.20. The third-order valence-electron chi connectivity index (χ3n) is 3.21. The minimum atomic E-state index is -0.453. The molecule has 0 saturated heterocycles. The molecule has 22 heavy (non-hydrogen) atoms. The first-order chi connectivity index (χ1) is 10.5. The molecule has 118 valence electrons. The molecule has 5 nitrogen and oxygen atoms in total. The van der Waals surface area contributed by atoms with Crippen molar-refractivity contribution in [2.24, 2.45) is 0 Å². The monoisotopic (exact) mass is 336 g/mol. The van der Waals surface area contributed by atoms with E-state index < -0.39 is 6.10 Å². The molecule has 2 heterocycles. The average Bonchev–Trinajstić information content (AvgIpc) is 2.49. The first-order valence-electron chi connectivity index (χ1n) is 7.00. The van der Waals surface area contributed by atoms with Crippen LogP contribution in [0.3, 0.4) is 0 Å². The molecular weight excluding hydrogens is 316 g/mol. The van der Waals surface area contributed by atoms with Crippen LogP contribution in [0.5, 0.6) is 0 Å². The second-order valence-corrected chi connectivity index (χ2v) is 7.09. The number of hydrogen-bond donors (Lipinski definition) is 1. The van der Waals surface area contributed by atoms with Gasteiger partial charge in [-0.25, -0.2) is 19.9 Å². The SMILES string of the molecule is Cc1cnc(SCC(O)CSc2ncc(C)c(C)n2)nc1C. The summed E-state index contributed by atoms with van der Waals surface area (Å²) in [6.45, 7) is 7.90. The van der Waals surface area contributed by atoms with E-state index in [4.69, 9.17) is 0 Å². The van der Waals surface area contributed by atoms with Gasteiger partial charge in [0.25, 0.3) is 0 Å². The molecule has 0 aliphatic heterocycles. The topological polar surface area (TPSA) is 71.8 Å². The van der Waals surface area contributed by atoms with Gasteiger partial charge >= 0.3 is 0 Å². The van der Waals surface area contributed by atoms with Crippen LogP contribution in [0.1, 0.15) is 22.5 Å². The summed E-state index contributed by atoms with van der Waals surface area (Å²) in [5, 5.41) is 11.5. The highest BCUT2D eigenvalue weighted by atomic mass is 32.2. The standard InChI is InChI=1S/C15H20N4OS2/c1-9-5-16-14(18-11(9)3)21-7-13(20)8-22-15-17-6-10(2)12(4)19-15/h5-6,13,20H,7-8H2,1-4H3. The zero-order valence-electron chi connectivity index (χ0n) is 13.2. The predicted octanol–water partition coefficient (Wildman–Crippen LogP) is 2.75. The summed E-state index contributed by atoms with van der Waals surface area (Å²) in [7, 11) is 0. The second kappa shape index (κ2) is 7.89. The summed E-state index contributed by atoms with van der Waals surface area (Å²) < 4.78 is 0. The van der Waals surface area contributed by atoms with Crippen molar-refractivity contribution in [3.8, 4) is 0 Å². The van der Waals surface area contributed by atoms with Crippen LogP contribution >= 0.6 is 23.5 Å². The van der Waals surface area contributed by atoms with Crippen LogP contribution in [-0.4, -0.2) is 42.7 Å². The Morgan fingerprint density at radius 1 is 0.864 bits per heavy atom. The maximum atomic E-state index is 10.1. The van der Waals surface area contributed by atoms with Gasteiger partial charge in [-0.1, -0.05) is 23.5 Å². The number of aromatic nitrogens is 4. The van der Waals surface area contributed by atoms with E-state index in [0.717, 1.165) is 22.5 Å². The minimum Gasteiger partial charge on any atom is -0.391 e. The number of aliphatic hydroxyl groups excluding tert-OH is 1. The fraction of sp³-hybridized carbons (Fsp3) is 0.467. The van der Waals surface area contributed by atoms with E-state index in [1.807, 2.05) is 40.1 Å². The lowest BCUT2D eigenvalue weighted by atomic mass is 10.3. The van der Waals surface area contributed by atoms with Gasteiger partial charge in [0.1, 0.15) is 0 Å². The summed E-state index contributed by atoms with van der Waals surface area (Å²) in [4.78, 5) is 17.3. The number of rotatable bonds is 6. The first kappa shape index (κ1) is 17.2. The molecule has 0 spiro atoms. The largest absolute Gasteiger partial charge is 0.391 e. The smallest absolute Gasteiger partial charge is 0.187 e. The van der Waals surface area contributed by atoms with Crippen molar-refractivity contribution in [3.63, 3.8) is 0 Å². The van der Waals surface area contributed by atoms with Gasteiger partial charge in [-0.15, -0.1) is 0 Å². The Bertz CT molecular complexity index is 596. The molecule has 2 rings (SSSR count). The molecule has 0 saturated carbocycles. The first-order valence-corrected chi connectivity index (χ1v) is 8.97. The van der Waals surface area contributed by atoms with Crippen molar-refractivity contribution < 1.29 is 5.11 Å². The lowest BCUT2D eigenvalue weighted by molar-refractivity contribution is 0.225. The van der Waals surface area contributed by atoms with Crippen molar-refractivity contribution in [2.45, 2.75) is 44.1 Å². The van der Waals surface area contributed by atoms with E-state index in [1.165, 1.54) is 23.5 Å². The Labute approximate surface area is 139 Å². The summed E-state index contributed by atoms with van der Waals surface area (Å²) in [6.07, 6.45) is 3.18. The number of aliphatic hydroxyl groups is 1. The van der Waals surface area contributed by atoms with Crippen molar-refractivity contribution in [1.82, 2.24) is 19.9 Å². The number of hydrogen-bond acceptors (Lipinski definition) is 7. The lowest BCUT2D eigenvalue weighted by Gasteiger charge is -2.09. The molecule has 2 aromatic heterocycles. The van der Waals surface area contributed by atoms with Crippen LogP contribution in [-0.2, 0) is 0 Å². The van der Waals surface area contributed by atoms with Gasteiger partial charge in [0, 0.05) is 35.3 Å². The van der Waals surface area contributed by atoms with Gasteiger partial charge in [-0.05, 0) is 38.8 Å². The quantitative estimate of drug-likeness (QED) is 0.642. The molecule has 0 radical (unpaired) electrons. The number of aryl methyl sites for hydroxylation is 4. The normalized spacial score (nSPS) is 11.2. The summed E-state index contributed by atoms with van der Waals surface area (Å²) >= 11 is 2.93. The number of nitrogens with zero attached hydrogens (tertiary/aromatic N) is 4. The Morgan fingerprint density at radius 2 is 1.27 bits per heavy atom. The molecule has 7 heteroatoms. The zero-order valence-corrected chi connectivity index (χ0v) is 14.8. The molecular formula is C15H20N4OS2. The van der Waals surface area contributed by atoms with Crippen molar-refractivity contribution in [2.75, 3.05) is 11.5 Å². The van der Waals surface area contributed by atoms with Gasteiger partial charge in [0.2, 0.25) is 0 Å². The second-order valence-electron chi connectivity index (χ2n) is 5.12. The molecule has 0 atom stereocenters. The van der Waals surface area contributed by atoms with Crippen molar-refractivity contribution in [1.29, 1.82) is 0 Å². The van der Waals surface area contributed by atoms with Crippen LogP contribution in [0.15, 0.2) is 22.7 Å². The Hall–Kier alpha value is -1.18. The van der Waals surface area contributed by atoms with E-state index >= 15 is 0 Å². The van der Waals surface area contributed by atoms with Gasteiger partial charge in [0.15, 0.2) is 10.3 Å². The molecule has 0 amide bonds. The zero-order chi connectivity index (χ0) is 16.1. The van der Waals surface area contributed by atoms with E-state index in [0.29, 0.717) is 21.8 Å². The maximum Gasteiger partial charge on any atom is 0.187 e. The molecule has 1 N–H and O–H groups in total. The van der Waals surface area contributed by atoms with Crippen LogP contribution in [0.4, 0.5) is 0 Å². The molecule has 0 bridgehead atoms. The molecule has 0 aliphatic rings. The van der Waals surface area contributed by atoms with Gasteiger partial charge in [0.05, 0.1) is 6.10 Å². The van der Waals surface area contributed by atoms with Crippen LogP contribution in [0.2, 0.25) is 0 Å². The Balaban J connectivity index is 1.81. The summed E-state index contributed by atoms with van der Waals surface area (Å²) in [5.41, 5.74) is 4.11. The minimum absolute atomic E-state index is 0.453. The van der Waals surface area contributed by atoms with Crippen LogP contribution < -0.4 is 0 Å². The molecule has 0 unspecified atom stereocenters. The molecule has 0 aromatic carbocycles. The van der Waals surface area contributed by atoms with Gasteiger partial charge < -0.3 is 5.11 Å². The molecule has 0 aliphatic carbocycles. The highest BCUT2D eigenvalue weighted by Gasteiger charge is 2.10. The van der Waals surface area contributed by atoms with E-state index in [2.05, 4.69) is 19.9 Å². The fourth-order valence-corrected chi connectivity index (χ4v) is 3.27. The lowest BCUT2D eigenvalue weighted by Crippen LogP contribution is -2.14. The van der Waals surface area contributed by atoms with Crippen LogP contribution in [0.25, 0.3) is 0 Å². The van der Waals surface area contributed by atoms with Crippen LogP contribution in [0, 0.1) is 27.7 Å². The van der Waals surface area contributed by atoms with E-state index in [1.54, 1.807) is 0 Å². The molecule has 0 fully saturated rings. The fourth-order valence-electron chi connectivity index (χ4n) is 1.54. The maximum absolute atomic E-state index is 10.1. The van der Waals surface area contributed by atoms with E-state index in [9.17, 15) is 5.11 Å². The Kier molecular flexibility index (Phi) is 6.16. The summed E-state index contributed by atoms with van der Waals surface area (Å²) in [5.74, 6) is 1.11. The van der Waals surface area contributed by atoms with Gasteiger partial charge in [-0.2, -0.15) is 0 Å². The third kappa shape index (κ3) is 4.93. The third-order valence-corrected chi connectivity index (χ3v) is 5.23. The van der Waals surface area contributed by atoms with E-state index in [-0.39, 0.29) is 0 Å². The predicted molar refractivity (Wildman–Crippen MR) is 90.5 cm³/mol. The number of thioether (sulfide) groups is 2. The molecule has 2 aromatic rings. The Morgan fingerprint density at radius 3 is 1.64 bits per heavy atom. The van der Waals surface area contributed by atoms with Crippen molar-refractivity contribution >= 4 is 23.5 Å².